The van der Waals surface area contributed by atoms with Crippen LogP contribution in [0.3, 0.4) is 0 Å². The van der Waals surface area contributed by atoms with Crippen LogP contribution in [-0.2, 0) is 12.6 Å². The van der Waals surface area contributed by atoms with Crippen LogP contribution in [0.1, 0.15) is 55.4 Å². The lowest BCUT2D eigenvalue weighted by Crippen LogP contribution is -2.32. The molecule has 0 radical (unpaired) electrons. The van der Waals surface area contributed by atoms with Gasteiger partial charge in [0.2, 0.25) is 0 Å². The molecule has 2 unspecified atom stereocenters. The molecule has 0 spiro atoms. The number of nitrogens with one attached hydrogen (secondary N) is 1. The second-order valence-electron chi connectivity index (χ2n) is 8.90. The number of aliphatic hydroxyl groups excluding tert-OH is 1. The van der Waals surface area contributed by atoms with E-state index in [0.29, 0.717) is 6.61 Å². The first-order chi connectivity index (χ1) is 15.8. The molecule has 3 rings (SSSR count). The lowest BCUT2D eigenvalue weighted by atomic mass is 10.0. The third-order valence-corrected chi connectivity index (χ3v) is 6.10. The average molecular weight is 465 g/mol. The summed E-state index contributed by atoms with van der Waals surface area (Å²) in [5.74, 6) is 0.856. The van der Waals surface area contributed by atoms with Crippen LogP contribution in [0.4, 0.5) is 13.2 Å². The summed E-state index contributed by atoms with van der Waals surface area (Å²) in [6, 6.07) is 12.9. The third kappa shape index (κ3) is 8.65. The summed E-state index contributed by atoms with van der Waals surface area (Å²) < 4.78 is 44.5. The monoisotopic (exact) mass is 464 g/mol. The molecule has 1 heterocycles. The zero-order valence-electron chi connectivity index (χ0n) is 19.3. The van der Waals surface area contributed by atoms with E-state index in [2.05, 4.69) is 10.2 Å². The first kappa shape index (κ1) is 25.5. The van der Waals surface area contributed by atoms with Crippen molar-refractivity contribution in [3.05, 3.63) is 65.2 Å². The Morgan fingerprint density at radius 2 is 1.73 bits per heavy atom. The van der Waals surface area contributed by atoms with Gasteiger partial charge >= 0.3 is 6.18 Å². The highest BCUT2D eigenvalue weighted by Crippen LogP contribution is 2.30. The Balaban J connectivity index is 1.39. The Hall–Kier alpha value is -2.09. The molecule has 0 amide bonds. The van der Waals surface area contributed by atoms with Crippen molar-refractivity contribution in [3.8, 4) is 5.75 Å². The Morgan fingerprint density at radius 1 is 1.03 bits per heavy atom. The number of benzene rings is 2. The van der Waals surface area contributed by atoms with Crippen molar-refractivity contribution >= 4 is 0 Å². The third-order valence-electron chi connectivity index (χ3n) is 6.10. The highest BCUT2D eigenvalue weighted by molar-refractivity contribution is 5.28. The summed E-state index contributed by atoms with van der Waals surface area (Å²) in [5, 5.41) is 13.5. The zero-order chi connectivity index (χ0) is 23.7. The van der Waals surface area contributed by atoms with E-state index in [9.17, 15) is 18.3 Å². The second kappa shape index (κ2) is 12.4. The predicted octanol–water partition coefficient (Wildman–Crippen LogP) is 5.21. The van der Waals surface area contributed by atoms with Crippen molar-refractivity contribution in [2.75, 3.05) is 32.8 Å². The molecule has 182 valence electrons. The minimum absolute atomic E-state index is 0.0558. The van der Waals surface area contributed by atoms with Crippen molar-refractivity contribution in [3.63, 3.8) is 0 Å². The van der Waals surface area contributed by atoms with E-state index in [0.717, 1.165) is 49.5 Å². The maximum Gasteiger partial charge on any atom is 0.416 e. The van der Waals surface area contributed by atoms with E-state index in [1.165, 1.54) is 37.8 Å². The van der Waals surface area contributed by atoms with E-state index in [1.807, 2.05) is 31.2 Å². The van der Waals surface area contributed by atoms with Gasteiger partial charge in [0.05, 0.1) is 11.7 Å². The first-order valence-electron chi connectivity index (χ1n) is 11.8. The molecular formula is C26H35F3N2O2. The van der Waals surface area contributed by atoms with Gasteiger partial charge in [-0.15, -0.1) is 0 Å². The van der Waals surface area contributed by atoms with Gasteiger partial charge in [-0.2, -0.15) is 13.2 Å². The molecule has 33 heavy (non-hydrogen) atoms. The van der Waals surface area contributed by atoms with E-state index < -0.39 is 17.8 Å². The van der Waals surface area contributed by atoms with Gasteiger partial charge < -0.3 is 15.2 Å². The van der Waals surface area contributed by atoms with E-state index in [-0.39, 0.29) is 18.2 Å². The molecule has 0 aliphatic carbocycles. The number of likely N-dealkylation sites (tertiary alicyclic amines) is 1. The molecule has 1 fully saturated rings. The number of alkyl halides is 3. The fourth-order valence-electron chi connectivity index (χ4n) is 4.15. The van der Waals surface area contributed by atoms with Crippen LogP contribution < -0.4 is 10.1 Å². The normalized spacial score (nSPS) is 17.4. The van der Waals surface area contributed by atoms with Gasteiger partial charge in [-0.3, -0.25) is 4.90 Å². The fraction of sp³-hybridized carbons (Fsp3) is 0.538. The molecule has 0 saturated carbocycles. The highest BCUT2D eigenvalue weighted by atomic mass is 19.4. The van der Waals surface area contributed by atoms with Crippen molar-refractivity contribution in [2.24, 2.45) is 0 Å². The van der Waals surface area contributed by atoms with Crippen molar-refractivity contribution in [1.29, 1.82) is 0 Å². The van der Waals surface area contributed by atoms with Gasteiger partial charge in [-0.05, 0) is 74.7 Å². The molecule has 4 nitrogen and oxygen atoms in total. The Labute approximate surface area is 194 Å². The lowest BCUT2D eigenvalue weighted by Gasteiger charge is -2.20. The lowest BCUT2D eigenvalue weighted by molar-refractivity contribution is -0.137. The van der Waals surface area contributed by atoms with Crippen molar-refractivity contribution in [1.82, 2.24) is 10.2 Å². The van der Waals surface area contributed by atoms with Crippen LogP contribution in [-0.4, -0.2) is 48.8 Å². The smallest absolute Gasteiger partial charge is 0.416 e. The second-order valence-corrected chi connectivity index (χ2v) is 8.90. The van der Waals surface area contributed by atoms with Gasteiger partial charge in [0, 0.05) is 19.1 Å². The fourth-order valence-corrected chi connectivity index (χ4v) is 4.15. The minimum Gasteiger partial charge on any atom is -0.492 e. The molecule has 7 heteroatoms. The Morgan fingerprint density at radius 3 is 2.39 bits per heavy atom. The van der Waals surface area contributed by atoms with Gasteiger partial charge in [0.25, 0.3) is 0 Å². The molecule has 2 N–H and O–H groups in total. The summed E-state index contributed by atoms with van der Waals surface area (Å²) in [5.41, 5.74) is 0.635. The maximum atomic E-state index is 12.9. The molecule has 2 aromatic rings. The quantitative estimate of drug-likeness (QED) is 0.506. The number of nitrogens with zero attached hydrogens (tertiary/aromatic N) is 1. The summed E-state index contributed by atoms with van der Waals surface area (Å²) in [6.45, 7) is 6.14. The van der Waals surface area contributed by atoms with Crippen LogP contribution in [0.25, 0.3) is 0 Å². The summed E-state index contributed by atoms with van der Waals surface area (Å²) in [7, 11) is 0. The first-order valence-corrected chi connectivity index (χ1v) is 11.8. The predicted molar refractivity (Wildman–Crippen MR) is 124 cm³/mol. The van der Waals surface area contributed by atoms with Gasteiger partial charge in [0.15, 0.2) is 0 Å². The van der Waals surface area contributed by atoms with E-state index >= 15 is 0 Å². The van der Waals surface area contributed by atoms with Crippen LogP contribution in [0.2, 0.25) is 0 Å². The van der Waals surface area contributed by atoms with Gasteiger partial charge in [-0.25, -0.2) is 0 Å². The average Bonchev–Trinajstić information content (AvgIpc) is 3.07. The summed E-state index contributed by atoms with van der Waals surface area (Å²) in [6.07, 6.45) is 0.528. The van der Waals surface area contributed by atoms with Gasteiger partial charge in [-0.1, -0.05) is 37.1 Å². The zero-order valence-corrected chi connectivity index (χ0v) is 19.3. The number of ether oxygens (including phenoxy) is 1. The Kier molecular flexibility index (Phi) is 9.59. The van der Waals surface area contributed by atoms with Crippen LogP contribution in [0, 0.1) is 0 Å². The molecule has 1 aliphatic heterocycles. The van der Waals surface area contributed by atoms with E-state index in [1.54, 1.807) is 0 Å². The van der Waals surface area contributed by atoms with Gasteiger partial charge in [0.1, 0.15) is 12.4 Å². The summed E-state index contributed by atoms with van der Waals surface area (Å²) >= 11 is 0. The SMILES string of the molecule is CC(Cc1ccc(OCCN2CCCCCC2)cc1)NCC(O)c1cccc(C(F)(F)F)c1. The van der Waals surface area contributed by atoms with E-state index in [4.69, 9.17) is 4.74 Å². The standard InChI is InChI=1S/C26H35F3N2O2/c1-20(30-19-25(32)22-7-6-8-23(18-22)26(27,28)29)17-21-9-11-24(12-10-21)33-16-15-31-13-4-2-3-5-14-31/h6-12,18,20,25,30,32H,2-5,13-17,19H2,1H3. The number of halogens is 3. The number of hydrogen-bond acceptors (Lipinski definition) is 4. The topological polar surface area (TPSA) is 44.7 Å². The Bertz CT molecular complexity index is 834. The molecule has 0 aromatic heterocycles. The van der Waals surface area contributed by atoms with Crippen LogP contribution in [0.5, 0.6) is 5.75 Å². The number of rotatable bonds is 10. The largest absolute Gasteiger partial charge is 0.492 e. The molecule has 1 aliphatic rings. The molecule has 2 atom stereocenters. The van der Waals surface area contributed by atoms with Crippen LogP contribution >= 0.6 is 0 Å². The van der Waals surface area contributed by atoms with Crippen molar-refractivity contribution in [2.45, 2.75) is 57.3 Å². The molecule has 0 bridgehead atoms. The molecule has 1 saturated heterocycles. The maximum absolute atomic E-state index is 12.9. The number of hydrogen-bond donors (Lipinski definition) is 2. The molecule has 2 aromatic carbocycles. The highest BCUT2D eigenvalue weighted by Gasteiger charge is 2.30. The molecular weight excluding hydrogens is 429 g/mol. The number of aliphatic hydroxyl groups is 1. The van der Waals surface area contributed by atoms with Crippen LogP contribution in [0.15, 0.2) is 48.5 Å². The minimum atomic E-state index is -4.42. The van der Waals surface area contributed by atoms with Crippen molar-refractivity contribution < 1.29 is 23.0 Å². The summed E-state index contributed by atoms with van der Waals surface area (Å²) in [4.78, 5) is 2.47.